The maximum absolute atomic E-state index is 12.6. The number of benzene rings is 1. The summed E-state index contributed by atoms with van der Waals surface area (Å²) in [5.74, 6) is -0.721. The van der Waals surface area contributed by atoms with E-state index in [2.05, 4.69) is 31.4 Å². The zero-order valence-electron chi connectivity index (χ0n) is 17.9. The lowest BCUT2D eigenvalue weighted by Crippen LogP contribution is -2.60. The quantitative estimate of drug-likeness (QED) is 0.372. The summed E-state index contributed by atoms with van der Waals surface area (Å²) in [4.78, 5) is 38.7. The predicted octanol–water partition coefficient (Wildman–Crippen LogP) is 2.75. The summed E-state index contributed by atoms with van der Waals surface area (Å²) < 4.78 is 5.23. The molecule has 0 radical (unpaired) electrons. The van der Waals surface area contributed by atoms with Gasteiger partial charge < -0.3 is 15.0 Å². The molecule has 0 bridgehead atoms. The van der Waals surface area contributed by atoms with Crippen molar-refractivity contribution in [3.8, 4) is 0 Å². The van der Waals surface area contributed by atoms with Gasteiger partial charge in [0.05, 0.1) is 13.0 Å². The van der Waals surface area contributed by atoms with Crippen LogP contribution >= 0.6 is 12.2 Å². The van der Waals surface area contributed by atoms with Crippen molar-refractivity contribution in [3.05, 3.63) is 35.4 Å². The Morgan fingerprint density at radius 1 is 1.27 bits per heavy atom. The van der Waals surface area contributed by atoms with Gasteiger partial charge in [0.1, 0.15) is 6.04 Å². The minimum absolute atomic E-state index is 0.114. The van der Waals surface area contributed by atoms with E-state index in [4.69, 9.17) is 17.0 Å². The summed E-state index contributed by atoms with van der Waals surface area (Å²) in [6, 6.07) is 6.53. The summed E-state index contributed by atoms with van der Waals surface area (Å²) in [5, 5.41) is 5.56. The summed E-state index contributed by atoms with van der Waals surface area (Å²) in [7, 11) is 0. The number of hydrogen-bond acceptors (Lipinski definition) is 5. The van der Waals surface area contributed by atoms with Crippen LogP contribution in [0.1, 0.15) is 68.3 Å². The van der Waals surface area contributed by atoms with Crippen LogP contribution in [0.15, 0.2) is 24.3 Å². The molecule has 1 atom stereocenters. The number of nitrogens with zero attached hydrogens (tertiary/aromatic N) is 1. The van der Waals surface area contributed by atoms with Crippen molar-refractivity contribution in [1.82, 2.24) is 15.5 Å². The Hall–Kier alpha value is -2.48. The van der Waals surface area contributed by atoms with E-state index in [1.54, 1.807) is 17.0 Å². The Morgan fingerprint density at radius 2 is 1.97 bits per heavy atom. The number of unbranched alkanes of at least 4 members (excludes halogenated alkanes) is 2. The van der Waals surface area contributed by atoms with Crippen LogP contribution in [0.4, 0.5) is 0 Å². The molecule has 2 N–H and O–H groups in total. The Kier molecular flexibility index (Phi) is 9.23. The maximum Gasteiger partial charge on any atom is 0.308 e. The number of rotatable bonds is 8. The van der Waals surface area contributed by atoms with Gasteiger partial charge in [-0.05, 0) is 42.3 Å². The van der Waals surface area contributed by atoms with Gasteiger partial charge in [0.15, 0.2) is 5.11 Å². The maximum atomic E-state index is 12.6. The monoisotopic (exact) mass is 433 g/mol. The molecule has 1 saturated heterocycles. The normalized spacial score (nSPS) is 16.2. The van der Waals surface area contributed by atoms with E-state index in [-0.39, 0.29) is 23.3 Å². The summed E-state index contributed by atoms with van der Waals surface area (Å²) in [5.41, 5.74) is 1.62. The zero-order chi connectivity index (χ0) is 22.1. The van der Waals surface area contributed by atoms with Gasteiger partial charge in [-0.2, -0.15) is 0 Å². The smallest absolute Gasteiger partial charge is 0.308 e. The van der Waals surface area contributed by atoms with E-state index in [0.29, 0.717) is 31.2 Å². The number of nitrogens with one attached hydrogen (secondary N) is 2. The second-order valence-corrected chi connectivity index (χ2v) is 8.05. The highest BCUT2D eigenvalue weighted by Crippen LogP contribution is 2.15. The Bertz CT molecular complexity index is 764. The van der Waals surface area contributed by atoms with Crippen molar-refractivity contribution >= 4 is 35.1 Å². The van der Waals surface area contributed by atoms with E-state index in [9.17, 15) is 14.4 Å². The number of ether oxygens (including phenoxy) is 1. The molecule has 7 nitrogen and oxygen atoms in total. The first-order valence-corrected chi connectivity index (χ1v) is 10.9. The molecule has 164 valence electrons. The lowest BCUT2D eigenvalue weighted by Gasteiger charge is -2.36. The molecule has 1 aliphatic heterocycles. The number of thiocarbonyl (C=S) groups is 1. The van der Waals surface area contributed by atoms with Crippen LogP contribution < -0.4 is 10.6 Å². The molecule has 30 heavy (non-hydrogen) atoms. The second kappa shape index (κ2) is 11.6. The second-order valence-electron chi connectivity index (χ2n) is 7.67. The van der Waals surface area contributed by atoms with E-state index in [0.717, 1.165) is 24.8 Å². The zero-order valence-corrected chi connectivity index (χ0v) is 18.7. The number of carbonyl (C=O) groups is 3. The van der Waals surface area contributed by atoms with E-state index < -0.39 is 12.0 Å². The number of piperazine rings is 1. The van der Waals surface area contributed by atoms with Crippen molar-refractivity contribution < 1.29 is 19.1 Å². The van der Waals surface area contributed by atoms with Crippen molar-refractivity contribution in [1.29, 1.82) is 0 Å². The van der Waals surface area contributed by atoms with Gasteiger partial charge in [-0.1, -0.05) is 45.7 Å². The van der Waals surface area contributed by atoms with Gasteiger partial charge in [-0.3, -0.25) is 19.7 Å². The average molecular weight is 434 g/mol. The molecule has 2 rings (SSSR count). The number of hydrogen-bond donors (Lipinski definition) is 2. The predicted molar refractivity (Wildman–Crippen MR) is 119 cm³/mol. The lowest BCUT2D eigenvalue weighted by atomic mass is 10.0. The van der Waals surface area contributed by atoms with Crippen molar-refractivity contribution in [3.63, 3.8) is 0 Å². The van der Waals surface area contributed by atoms with Gasteiger partial charge in [-0.15, -0.1) is 0 Å². The van der Waals surface area contributed by atoms with Crippen molar-refractivity contribution in [2.24, 2.45) is 0 Å². The van der Waals surface area contributed by atoms with Crippen LogP contribution in [0.2, 0.25) is 0 Å². The molecule has 1 fully saturated rings. The molecule has 0 spiro atoms. The van der Waals surface area contributed by atoms with E-state index in [1.165, 1.54) is 0 Å². The molecule has 8 heteroatoms. The minimum Gasteiger partial charge on any atom is -0.466 e. The molecule has 0 aromatic heterocycles. The Labute approximate surface area is 183 Å². The first-order valence-electron chi connectivity index (χ1n) is 10.5. The van der Waals surface area contributed by atoms with E-state index in [1.807, 2.05) is 12.1 Å². The van der Waals surface area contributed by atoms with Crippen molar-refractivity contribution in [2.75, 3.05) is 19.7 Å². The van der Waals surface area contributed by atoms with Crippen LogP contribution in [0.3, 0.4) is 0 Å². The van der Waals surface area contributed by atoms with Crippen LogP contribution in [0.25, 0.3) is 0 Å². The Balaban J connectivity index is 1.98. The molecule has 1 aromatic rings. The molecule has 1 aromatic carbocycles. The number of carbonyl (C=O) groups excluding carboxylic acids is 3. The highest BCUT2D eigenvalue weighted by molar-refractivity contribution is 7.80. The van der Waals surface area contributed by atoms with Crippen LogP contribution in [-0.4, -0.2) is 53.5 Å². The highest BCUT2D eigenvalue weighted by atomic mass is 32.1. The molecule has 1 aliphatic rings. The molecule has 1 heterocycles. The third kappa shape index (κ3) is 6.79. The Morgan fingerprint density at radius 3 is 2.60 bits per heavy atom. The third-order valence-electron chi connectivity index (χ3n) is 5.02. The van der Waals surface area contributed by atoms with Crippen LogP contribution in [0, 0.1) is 0 Å². The topological polar surface area (TPSA) is 87.7 Å². The van der Waals surface area contributed by atoms with Crippen LogP contribution in [-0.2, 0) is 14.3 Å². The third-order valence-corrected chi connectivity index (χ3v) is 5.36. The molecular formula is C22H31N3O4S. The van der Waals surface area contributed by atoms with E-state index >= 15 is 0 Å². The van der Waals surface area contributed by atoms with Crippen LogP contribution in [0.5, 0.6) is 0 Å². The first-order chi connectivity index (χ1) is 14.3. The standard InChI is InChI=1S/C22H31N3O4S/c1-4-5-6-13-29-19(26)14-18-21(28)23-11-12-25(18)22(30)24-20(27)17-9-7-16(8-10-17)15(2)3/h7-10,15,18H,4-6,11-14H2,1-3H3,(H,23,28)(H,24,27,30). The summed E-state index contributed by atoms with van der Waals surface area (Å²) in [6.45, 7) is 7.38. The number of amides is 2. The first kappa shape index (κ1) is 23.8. The average Bonchev–Trinajstić information content (AvgIpc) is 2.72. The summed E-state index contributed by atoms with van der Waals surface area (Å²) >= 11 is 5.38. The van der Waals surface area contributed by atoms with Gasteiger partial charge >= 0.3 is 5.97 Å². The largest absolute Gasteiger partial charge is 0.466 e. The fourth-order valence-electron chi connectivity index (χ4n) is 3.18. The SMILES string of the molecule is CCCCCOC(=O)CC1C(=O)NCCN1C(=S)NC(=O)c1ccc(C(C)C)cc1. The summed E-state index contributed by atoms with van der Waals surface area (Å²) in [6.07, 6.45) is 2.70. The molecule has 2 amide bonds. The van der Waals surface area contributed by atoms with Gasteiger partial charge in [0.25, 0.3) is 5.91 Å². The fourth-order valence-corrected chi connectivity index (χ4v) is 3.49. The molecule has 0 aliphatic carbocycles. The van der Waals surface area contributed by atoms with Crippen molar-refractivity contribution in [2.45, 2.75) is 58.4 Å². The minimum atomic E-state index is -0.798. The molecule has 1 unspecified atom stereocenters. The highest BCUT2D eigenvalue weighted by Gasteiger charge is 2.34. The molecular weight excluding hydrogens is 402 g/mol. The number of esters is 1. The van der Waals surface area contributed by atoms with Gasteiger partial charge in [-0.25, -0.2) is 0 Å². The fraction of sp³-hybridized carbons (Fsp3) is 0.545. The van der Waals surface area contributed by atoms with Gasteiger partial charge in [0, 0.05) is 18.7 Å². The molecule has 0 saturated carbocycles. The van der Waals surface area contributed by atoms with Gasteiger partial charge in [0.2, 0.25) is 5.91 Å². The lowest BCUT2D eigenvalue weighted by molar-refractivity contribution is -0.147.